The maximum absolute atomic E-state index is 10.9. The summed E-state index contributed by atoms with van der Waals surface area (Å²) in [7, 11) is 0. The molecule has 0 atom stereocenters. The summed E-state index contributed by atoms with van der Waals surface area (Å²) in [6.45, 7) is 0. The predicted molar refractivity (Wildman–Crippen MR) is 54.1 cm³/mol. The third-order valence-corrected chi connectivity index (χ3v) is 1.85. The molecule has 0 bridgehead atoms. The van der Waals surface area contributed by atoms with Gasteiger partial charge in [-0.2, -0.15) is 0 Å². The quantitative estimate of drug-likeness (QED) is 0.717. The van der Waals surface area contributed by atoms with Gasteiger partial charge >= 0.3 is 0 Å². The number of halogens is 1. The molecule has 13 heavy (non-hydrogen) atoms. The first-order chi connectivity index (χ1) is 5.79. The summed E-state index contributed by atoms with van der Waals surface area (Å²) in [6, 6.07) is 7.59. The molecule has 3 N–H and O–H groups in total. The molecule has 0 aliphatic rings. The van der Waals surface area contributed by atoms with Crippen LogP contribution in [0, 0.1) is 0 Å². The van der Waals surface area contributed by atoms with E-state index >= 15 is 0 Å². The largest absolute Gasteiger partial charge is 0.364 e. The van der Waals surface area contributed by atoms with Crippen molar-refractivity contribution in [1.29, 1.82) is 0 Å². The topological polar surface area (TPSA) is 58.9 Å². The normalized spacial score (nSPS) is 9.54. The molecule has 1 heterocycles. The average Bonchev–Trinajstić information content (AvgIpc) is 2.47. The molecule has 0 aliphatic carbocycles. The van der Waals surface area contributed by atoms with E-state index in [0.29, 0.717) is 5.69 Å². The second-order valence-electron chi connectivity index (χ2n) is 2.62. The Hall–Kier alpha value is -1.48. The minimum absolute atomic E-state index is 0. The highest BCUT2D eigenvalue weighted by Crippen LogP contribution is 2.16. The highest BCUT2D eigenvalue weighted by atomic mass is 35.5. The minimum Gasteiger partial charge on any atom is -0.364 e. The Kier molecular flexibility index (Phi) is 2.58. The molecule has 68 valence electrons. The first-order valence-corrected chi connectivity index (χ1v) is 3.65. The van der Waals surface area contributed by atoms with Crippen molar-refractivity contribution >= 4 is 29.1 Å². The number of carbonyl (C=O) groups is 1. The van der Waals surface area contributed by atoms with Crippen LogP contribution >= 0.6 is 12.4 Å². The number of fused-ring (bicyclic) bond motifs is 1. The molecule has 4 heteroatoms. The molecule has 0 radical (unpaired) electrons. The molecular formula is C9H9ClN2O. The van der Waals surface area contributed by atoms with Crippen molar-refractivity contribution in [2.75, 3.05) is 0 Å². The SMILES string of the molecule is Cl.NC(=O)c1[nH]cc2ccccc12. The van der Waals surface area contributed by atoms with Gasteiger partial charge in [0.1, 0.15) is 5.69 Å². The third kappa shape index (κ3) is 1.51. The molecule has 1 amide bonds. The molecule has 3 nitrogen and oxygen atoms in total. The number of carbonyl (C=O) groups excluding carboxylic acids is 1. The van der Waals surface area contributed by atoms with Crippen molar-refractivity contribution < 1.29 is 4.79 Å². The Labute approximate surface area is 81.3 Å². The van der Waals surface area contributed by atoms with Gasteiger partial charge in [-0.3, -0.25) is 4.79 Å². The van der Waals surface area contributed by atoms with E-state index in [1.807, 2.05) is 24.3 Å². The van der Waals surface area contributed by atoms with Gasteiger partial charge < -0.3 is 10.7 Å². The fraction of sp³-hybridized carbons (Fsp3) is 0. The zero-order chi connectivity index (χ0) is 8.55. The van der Waals surface area contributed by atoms with Gasteiger partial charge in [-0.1, -0.05) is 24.3 Å². The number of nitrogens with two attached hydrogens (primary N) is 1. The summed E-state index contributed by atoms with van der Waals surface area (Å²) < 4.78 is 0. The van der Waals surface area contributed by atoms with Crippen LogP contribution in [0.2, 0.25) is 0 Å². The van der Waals surface area contributed by atoms with Crippen molar-refractivity contribution in [3.8, 4) is 0 Å². The van der Waals surface area contributed by atoms with Crippen molar-refractivity contribution in [1.82, 2.24) is 4.98 Å². The van der Waals surface area contributed by atoms with Gasteiger partial charge in [0.15, 0.2) is 0 Å². The summed E-state index contributed by atoms with van der Waals surface area (Å²) >= 11 is 0. The van der Waals surface area contributed by atoms with E-state index in [1.165, 1.54) is 0 Å². The van der Waals surface area contributed by atoms with Crippen molar-refractivity contribution in [2.45, 2.75) is 0 Å². The summed E-state index contributed by atoms with van der Waals surface area (Å²) in [5, 5.41) is 1.89. The summed E-state index contributed by atoms with van der Waals surface area (Å²) in [4.78, 5) is 13.7. The Balaban J connectivity index is 0.000000845. The Morgan fingerprint density at radius 3 is 2.69 bits per heavy atom. The second-order valence-corrected chi connectivity index (χ2v) is 2.62. The van der Waals surface area contributed by atoms with Crippen LogP contribution in [0.15, 0.2) is 30.5 Å². The lowest BCUT2D eigenvalue weighted by molar-refractivity contribution is 0.0998. The van der Waals surface area contributed by atoms with Crippen LogP contribution in [0.25, 0.3) is 10.8 Å². The summed E-state index contributed by atoms with van der Waals surface area (Å²) in [5.41, 5.74) is 5.63. The monoisotopic (exact) mass is 196 g/mol. The van der Waals surface area contributed by atoms with Gasteiger partial charge in [0.25, 0.3) is 5.91 Å². The lowest BCUT2D eigenvalue weighted by atomic mass is 10.2. The van der Waals surface area contributed by atoms with Gasteiger partial charge in [0.05, 0.1) is 0 Å². The van der Waals surface area contributed by atoms with E-state index in [2.05, 4.69) is 4.98 Å². The van der Waals surface area contributed by atoms with Gasteiger partial charge in [-0.05, 0) is 5.39 Å². The lowest BCUT2D eigenvalue weighted by Gasteiger charge is -1.90. The smallest absolute Gasteiger partial charge is 0.265 e. The lowest BCUT2D eigenvalue weighted by Crippen LogP contribution is -2.11. The van der Waals surface area contributed by atoms with E-state index in [9.17, 15) is 4.79 Å². The number of aromatic nitrogens is 1. The van der Waals surface area contributed by atoms with Crippen molar-refractivity contribution in [3.05, 3.63) is 36.2 Å². The number of nitrogens with one attached hydrogen (secondary N) is 1. The first kappa shape index (κ1) is 9.61. The highest BCUT2D eigenvalue weighted by Gasteiger charge is 2.06. The predicted octanol–water partition coefficient (Wildman–Crippen LogP) is 1.69. The van der Waals surface area contributed by atoms with Crippen molar-refractivity contribution in [2.24, 2.45) is 5.73 Å². The molecule has 2 aromatic rings. The molecule has 0 fully saturated rings. The Morgan fingerprint density at radius 1 is 1.31 bits per heavy atom. The zero-order valence-corrected chi connectivity index (χ0v) is 7.60. The van der Waals surface area contributed by atoms with Gasteiger partial charge in [0, 0.05) is 11.6 Å². The molecule has 0 saturated carbocycles. The second kappa shape index (κ2) is 3.49. The molecule has 0 spiro atoms. The molecule has 0 saturated heterocycles. The number of primary amides is 1. The Morgan fingerprint density at radius 2 is 2.00 bits per heavy atom. The van der Waals surface area contributed by atoms with Gasteiger partial charge in [0.2, 0.25) is 0 Å². The number of amides is 1. The molecule has 2 rings (SSSR count). The van der Waals surface area contributed by atoms with Crippen LogP contribution in [-0.4, -0.2) is 10.9 Å². The van der Waals surface area contributed by atoms with Gasteiger partial charge in [-0.15, -0.1) is 12.4 Å². The summed E-state index contributed by atoms with van der Waals surface area (Å²) in [5.74, 6) is -0.420. The number of rotatable bonds is 1. The van der Waals surface area contributed by atoms with E-state index < -0.39 is 5.91 Å². The molecule has 0 unspecified atom stereocenters. The Bertz CT molecular complexity index is 436. The van der Waals surface area contributed by atoms with Crippen LogP contribution in [0.4, 0.5) is 0 Å². The molecule has 1 aromatic carbocycles. The maximum atomic E-state index is 10.9. The number of H-pyrrole nitrogens is 1. The standard InChI is InChI=1S/C9H8N2O.ClH/c10-9(12)8-7-4-2-1-3-6(7)5-11-8;/h1-5,11H,(H2,10,12);1H. The fourth-order valence-corrected chi connectivity index (χ4v) is 1.28. The van der Waals surface area contributed by atoms with Crippen LogP contribution in [0.5, 0.6) is 0 Å². The fourth-order valence-electron chi connectivity index (χ4n) is 1.28. The molecular weight excluding hydrogens is 188 g/mol. The van der Waals surface area contributed by atoms with E-state index in [1.54, 1.807) is 6.20 Å². The van der Waals surface area contributed by atoms with Crippen LogP contribution in [0.3, 0.4) is 0 Å². The van der Waals surface area contributed by atoms with Crippen LogP contribution < -0.4 is 5.73 Å². The minimum atomic E-state index is -0.420. The highest BCUT2D eigenvalue weighted by molar-refractivity contribution is 6.05. The molecule has 1 aromatic heterocycles. The van der Waals surface area contributed by atoms with E-state index in [-0.39, 0.29) is 12.4 Å². The average molecular weight is 197 g/mol. The third-order valence-electron chi connectivity index (χ3n) is 1.85. The van der Waals surface area contributed by atoms with Crippen LogP contribution in [-0.2, 0) is 0 Å². The van der Waals surface area contributed by atoms with Crippen LogP contribution in [0.1, 0.15) is 10.5 Å². The van der Waals surface area contributed by atoms with Crippen molar-refractivity contribution in [3.63, 3.8) is 0 Å². The number of hydrogen-bond donors (Lipinski definition) is 2. The zero-order valence-electron chi connectivity index (χ0n) is 6.78. The van der Waals surface area contributed by atoms with Gasteiger partial charge in [-0.25, -0.2) is 0 Å². The summed E-state index contributed by atoms with van der Waals surface area (Å²) in [6.07, 6.45) is 1.77. The maximum Gasteiger partial charge on any atom is 0.265 e. The number of aromatic amines is 1. The number of hydrogen-bond acceptors (Lipinski definition) is 1. The van der Waals surface area contributed by atoms with E-state index in [4.69, 9.17) is 5.73 Å². The molecule has 0 aliphatic heterocycles. The number of benzene rings is 1. The van der Waals surface area contributed by atoms with E-state index in [0.717, 1.165) is 10.8 Å². The first-order valence-electron chi connectivity index (χ1n) is 3.65.